The highest BCUT2D eigenvalue weighted by atomic mass is 32.2. The Morgan fingerprint density at radius 3 is 2.79 bits per heavy atom. The Balaban J connectivity index is 2.17. The van der Waals surface area contributed by atoms with Crippen LogP contribution >= 0.6 is 11.8 Å². The number of aromatic amines is 1. The van der Waals surface area contributed by atoms with Crippen molar-refractivity contribution in [1.29, 1.82) is 5.41 Å². The minimum atomic E-state index is -4.54. The van der Waals surface area contributed by atoms with Crippen molar-refractivity contribution in [2.75, 3.05) is 5.75 Å². The van der Waals surface area contributed by atoms with Crippen LogP contribution in [0.25, 0.3) is 11.2 Å². The molecule has 6 nitrogen and oxygen atoms in total. The maximum Gasteiger partial charge on any atom is 0.399 e. The number of hydrogen-bond acceptors (Lipinski definition) is 5. The summed E-state index contributed by atoms with van der Waals surface area (Å²) < 4.78 is 37.9. The van der Waals surface area contributed by atoms with Crippen molar-refractivity contribution in [1.82, 2.24) is 19.9 Å². The maximum atomic E-state index is 12.6. The largest absolute Gasteiger partial charge is 0.399 e. The van der Waals surface area contributed by atoms with E-state index in [9.17, 15) is 13.2 Å². The molecule has 0 saturated heterocycles. The summed E-state index contributed by atoms with van der Waals surface area (Å²) in [5.41, 5.74) is 5.82. The SMILES string of the molecule is N=C(N)C(CSc1ncnc2nc[nH]c12)C(F)(F)F. The van der Waals surface area contributed by atoms with Gasteiger partial charge in [0.25, 0.3) is 0 Å². The smallest absolute Gasteiger partial charge is 0.387 e. The molecule has 0 aliphatic heterocycles. The summed E-state index contributed by atoms with van der Waals surface area (Å²) in [6.45, 7) is 0. The molecule has 4 N–H and O–H groups in total. The monoisotopic (exact) mass is 290 g/mol. The number of nitrogens with two attached hydrogens (primary N) is 1. The van der Waals surface area contributed by atoms with Crippen LogP contribution in [0.2, 0.25) is 0 Å². The van der Waals surface area contributed by atoms with Crippen LogP contribution in [-0.2, 0) is 0 Å². The van der Waals surface area contributed by atoms with E-state index in [-0.39, 0.29) is 0 Å². The second-order valence-corrected chi connectivity index (χ2v) is 4.65. The Morgan fingerprint density at radius 1 is 1.42 bits per heavy atom. The Morgan fingerprint density at radius 2 is 2.16 bits per heavy atom. The molecule has 0 bridgehead atoms. The molecule has 2 heterocycles. The zero-order chi connectivity index (χ0) is 14.0. The summed E-state index contributed by atoms with van der Waals surface area (Å²) in [5, 5.41) is 7.34. The van der Waals surface area contributed by atoms with Gasteiger partial charge >= 0.3 is 6.18 Å². The average Bonchev–Trinajstić information content (AvgIpc) is 2.75. The molecule has 102 valence electrons. The molecule has 19 heavy (non-hydrogen) atoms. The second-order valence-electron chi connectivity index (χ2n) is 3.64. The molecule has 0 aromatic carbocycles. The third kappa shape index (κ3) is 2.95. The fourth-order valence-electron chi connectivity index (χ4n) is 1.38. The zero-order valence-corrected chi connectivity index (χ0v) is 10.2. The summed E-state index contributed by atoms with van der Waals surface area (Å²) in [6.07, 6.45) is -1.93. The van der Waals surface area contributed by atoms with E-state index in [1.165, 1.54) is 12.7 Å². The van der Waals surface area contributed by atoms with Gasteiger partial charge in [0.2, 0.25) is 0 Å². The summed E-state index contributed by atoms with van der Waals surface area (Å²) >= 11 is 0.855. The minimum Gasteiger partial charge on any atom is -0.387 e. The molecule has 0 aliphatic carbocycles. The highest BCUT2D eigenvalue weighted by Crippen LogP contribution is 2.32. The number of rotatable bonds is 4. The summed E-state index contributed by atoms with van der Waals surface area (Å²) in [6, 6.07) is 0. The van der Waals surface area contributed by atoms with Gasteiger partial charge in [-0.15, -0.1) is 11.8 Å². The highest BCUT2D eigenvalue weighted by Gasteiger charge is 2.41. The van der Waals surface area contributed by atoms with Gasteiger partial charge in [-0.25, -0.2) is 15.0 Å². The standard InChI is InChI=1S/C9H9F3N6S/c10-9(11,12)4(6(13)14)1-19-8-5-7(16-2-15-5)17-3-18-8/h2-4H,1H2,(H3,13,14)(H,15,16,17,18). The van der Waals surface area contributed by atoms with Gasteiger partial charge in [-0.05, 0) is 0 Å². The number of H-pyrrole nitrogens is 1. The summed E-state index contributed by atoms with van der Waals surface area (Å²) in [5.74, 6) is -3.32. The van der Waals surface area contributed by atoms with Crippen LogP contribution in [0.3, 0.4) is 0 Å². The predicted octanol–water partition coefficient (Wildman–Crippen LogP) is 1.56. The van der Waals surface area contributed by atoms with E-state index in [1.807, 2.05) is 0 Å². The van der Waals surface area contributed by atoms with Crippen molar-refractivity contribution >= 4 is 28.8 Å². The number of imidazole rings is 1. The first-order valence-electron chi connectivity index (χ1n) is 5.07. The van der Waals surface area contributed by atoms with Crippen LogP contribution < -0.4 is 5.73 Å². The number of nitrogens with one attached hydrogen (secondary N) is 2. The number of aromatic nitrogens is 4. The lowest BCUT2D eigenvalue weighted by Crippen LogP contribution is -2.37. The van der Waals surface area contributed by atoms with Crippen molar-refractivity contribution in [3.8, 4) is 0 Å². The number of hydrogen-bond donors (Lipinski definition) is 3. The normalized spacial score (nSPS) is 13.6. The van der Waals surface area contributed by atoms with E-state index in [0.29, 0.717) is 16.2 Å². The first-order chi connectivity index (χ1) is 8.89. The molecule has 0 fully saturated rings. The number of halogens is 3. The molecule has 2 aromatic rings. The molecule has 10 heteroatoms. The van der Waals surface area contributed by atoms with Crippen molar-refractivity contribution in [3.05, 3.63) is 12.7 Å². The van der Waals surface area contributed by atoms with Gasteiger partial charge in [-0.3, -0.25) is 5.41 Å². The highest BCUT2D eigenvalue weighted by molar-refractivity contribution is 7.99. The van der Waals surface area contributed by atoms with Crippen LogP contribution in [0.1, 0.15) is 0 Å². The lowest BCUT2D eigenvalue weighted by Gasteiger charge is -2.18. The van der Waals surface area contributed by atoms with Crippen LogP contribution in [0.4, 0.5) is 13.2 Å². The van der Waals surface area contributed by atoms with Crippen molar-refractivity contribution in [2.45, 2.75) is 11.2 Å². The Labute approximate surface area is 109 Å². The number of thioether (sulfide) groups is 1. The van der Waals surface area contributed by atoms with E-state index in [1.54, 1.807) is 0 Å². The first kappa shape index (κ1) is 13.6. The molecule has 2 rings (SSSR count). The molecular weight excluding hydrogens is 281 g/mol. The average molecular weight is 290 g/mol. The topological polar surface area (TPSA) is 104 Å². The lowest BCUT2D eigenvalue weighted by atomic mass is 10.1. The second kappa shape index (κ2) is 5.03. The van der Waals surface area contributed by atoms with Crippen molar-refractivity contribution in [3.63, 3.8) is 0 Å². The van der Waals surface area contributed by atoms with Gasteiger partial charge in [0.05, 0.1) is 6.33 Å². The van der Waals surface area contributed by atoms with Crippen LogP contribution in [0, 0.1) is 11.3 Å². The Kier molecular flexibility index (Phi) is 3.60. The lowest BCUT2D eigenvalue weighted by molar-refractivity contribution is -0.149. The van der Waals surface area contributed by atoms with E-state index in [4.69, 9.17) is 11.1 Å². The molecular formula is C9H9F3N6S. The number of fused-ring (bicyclic) bond motifs is 1. The molecule has 0 spiro atoms. The van der Waals surface area contributed by atoms with Crippen molar-refractivity contribution in [2.24, 2.45) is 11.7 Å². The Bertz CT molecular complexity index is 595. The first-order valence-corrected chi connectivity index (χ1v) is 6.05. The molecule has 0 aliphatic rings. The molecule has 0 saturated carbocycles. The zero-order valence-electron chi connectivity index (χ0n) is 9.40. The van der Waals surface area contributed by atoms with Gasteiger partial charge in [0.1, 0.15) is 28.6 Å². The quantitative estimate of drug-likeness (QED) is 0.343. The minimum absolute atomic E-state index is 0.345. The summed E-state index contributed by atoms with van der Waals surface area (Å²) in [4.78, 5) is 14.4. The third-order valence-corrected chi connectivity index (χ3v) is 3.43. The summed E-state index contributed by atoms with van der Waals surface area (Å²) in [7, 11) is 0. The molecule has 0 radical (unpaired) electrons. The molecule has 1 atom stereocenters. The van der Waals surface area contributed by atoms with Gasteiger partial charge in [-0.2, -0.15) is 13.2 Å². The van der Waals surface area contributed by atoms with E-state index >= 15 is 0 Å². The fourth-order valence-corrected chi connectivity index (χ4v) is 2.48. The third-order valence-electron chi connectivity index (χ3n) is 2.35. The number of amidine groups is 1. The van der Waals surface area contributed by atoms with E-state index < -0.39 is 23.7 Å². The molecule has 1 unspecified atom stereocenters. The van der Waals surface area contributed by atoms with Gasteiger partial charge in [-0.1, -0.05) is 0 Å². The van der Waals surface area contributed by atoms with Gasteiger partial charge in [0.15, 0.2) is 5.65 Å². The van der Waals surface area contributed by atoms with E-state index in [2.05, 4.69) is 19.9 Å². The van der Waals surface area contributed by atoms with Crippen LogP contribution in [0.15, 0.2) is 17.7 Å². The van der Waals surface area contributed by atoms with Crippen molar-refractivity contribution < 1.29 is 13.2 Å². The molecule has 0 amide bonds. The molecule has 2 aromatic heterocycles. The number of alkyl halides is 3. The fraction of sp³-hybridized carbons (Fsp3) is 0.333. The Hall–Kier alpha value is -1.84. The van der Waals surface area contributed by atoms with Gasteiger partial charge < -0.3 is 10.7 Å². The van der Waals surface area contributed by atoms with Crippen LogP contribution in [-0.4, -0.2) is 37.7 Å². The number of nitrogens with zero attached hydrogens (tertiary/aromatic N) is 3. The maximum absolute atomic E-state index is 12.6. The van der Waals surface area contributed by atoms with Gasteiger partial charge in [0, 0.05) is 5.75 Å². The predicted molar refractivity (Wildman–Crippen MR) is 63.9 cm³/mol. The van der Waals surface area contributed by atoms with Crippen LogP contribution in [0.5, 0.6) is 0 Å². The van der Waals surface area contributed by atoms with E-state index in [0.717, 1.165) is 11.8 Å².